The number of hydrogen-bond acceptors (Lipinski definition) is 3. The Bertz CT molecular complexity index is 571. The molecule has 3 nitrogen and oxygen atoms in total. The second kappa shape index (κ2) is 7.25. The lowest BCUT2D eigenvalue weighted by Gasteiger charge is -2.23. The lowest BCUT2D eigenvalue weighted by Crippen LogP contribution is -2.10. The van der Waals surface area contributed by atoms with E-state index in [1.807, 2.05) is 0 Å². The monoisotopic (exact) mass is 334 g/mol. The molecule has 0 amide bonds. The van der Waals surface area contributed by atoms with Gasteiger partial charge in [-0.15, -0.1) is 0 Å². The third kappa shape index (κ3) is 4.81. The maximum atomic E-state index is 10.3. The Hall–Kier alpha value is -1.38. The molecule has 1 aromatic rings. The Morgan fingerprint density at radius 2 is 1.62 bits per heavy atom. The summed E-state index contributed by atoms with van der Waals surface area (Å²) in [5.74, 6) is -0.138. The Kier molecular flexibility index (Phi) is 5.72. The molecular weight excluding hydrogens is 300 g/mol. The van der Waals surface area contributed by atoms with Crippen LogP contribution in [0.3, 0.4) is 0 Å². The van der Waals surface area contributed by atoms with Gasteiger partial charge in [-0.2, -0.15) is 0 Å². The van der Waals surface area contributed by atoms with Crippen LogP contribution in [-0.4, -0.2) is 15.3 Å². The van der Waals surface area contributed by atoms with Gasteiger partial charge in [0.05, 0.1) is 0 Å². The van der Waals surface area contributed by atoms with Gasteiger partial charge in [0.2, 0.25) is 0 Å². The van der Waals surface area contributed by atoms with Gasteiger partial charge in [0.25, 0.3) is 0 Å². The molecule has 3 N–H and O–H groups in total. The minimum atomic E-state index is -0.213. The van der Waals surface area contributed by atoms with Crippen LogP contribution in [0, 0.1) is 10.8 Å². The van der Waals surface area contributed by atoms with Crippen LogP contribution >= 0.6 is 0 Å². The first-order valence-corrected chi connectivity index (χ1v) is 9.43. The summed E-state index contributed by atoms with van der Waals surface area (Å²) in [4.78, 5) is 0. The van der Waals surface area contributed by atoms with Gasteiger partial charge < -0.3 is 15.3 Å². The average Bonchev–Trinajstić information content (AvgIpc) is 3.24. The van der Waals surface area contributed by atoms with Crippen molar-refractivity contribution < 1.29 is 15.3 Å². The van der Waals surface area contributed by atoms with Crippen molar-refractivity contribution in [1.82, 2.24) is 0 Å². The molecule has 1 aliphatic carbocycles. The highest BCUT2D eigenvalue weighted by atomic mass is 16.3. The largest absolute Gasteiger partial charge is 0.508 e. The Morgan fingerprint density at radius 1 is 1.00 bits per heavy atom. The van der Waals surface area contributed by atoms with Crippen molar-refractivity contribution in [3.8, 4) is 17.2 Å². The van der Waals surface area contributed by atoms with Gasteiger partial charge in [0.15, 0.2) is 11.5 Å². The number of phenols is 3. The van der Waals surface area contributed by atoms with E-state index >= 15 is 0 Å². The Morgan fingerprint density at radius 3 is 2.21 bits per heavy atom. The average molecular weight is 335 g/mol. The molecule has 1 aliphatic rings. The topological polar surface area (TPSA) is 60.7 Å². The van der Waals surface area contributed by atoms with Gasteiger partial charge in [-0.1, -0.05) is 34.1 Å². The van der Waals surface area contributed by atoms with Crippen LogP contribution in [0.2, 0.25) is 0 Å². The molecule has 0 saturated heterocycles. The van der Waals surface area contributed by atoms with E-state index in [4.69, 9.17) is 0 Å². The number of hydrogen-bond donors (Lipinski definition) is 3. The molecule has 0 bridgehead atoms. The van der Waals surface area contributed by atoms with Crippen LogP contribution in [-0.2, 0) is 12.8 Å². The van der Waals surface area contributed by atoms with E-state index in [1.54, 1.807) is 0 Å². The van der Waals surface area contributed by atoms with E-state index in [0.717, 1.165) is 49.7 Å². The summed E-state index contributed by atoms with van der Waals surface area (Å²) < 4.78 is 0. The highest BCUT2D eigenvalue weighted by molar-refractivity contribution is 5.55. The van der Waals surface area contributed by atoms with Gasteiger partial charge in [-0.05, 0) is 62.2 Å². The molecule has 0 heterocycles. The van der Waals surface area contributed by atoms with Crippen LogP contribution in [0.15, 0.2) is 6.07 Å². The molecule has 24 heavy (non-hydrogen) atoms. The van der Waals surface area contributed by atoms with E-state index in [-0.39, 0.29) is 22.7 Å². The predicted octanol–water partition coefficient (Wildman–Crippen LogP) is 5.69. The molecule has 3 heteroatoms. The summed E-state index contributed by atoms with van der Waals surface area (Å²) in [6, 6.07) is 1.28. The Balaban J connectivity index is 2.08. The fourth-order valence-corrected chi connectivity index (χ4v) is 3.36. The first-order valence-electron chi connectivity index (χ1n) is 9.43. The summed E-state index contributed by atoms with van der Waals surface area (Å²) >= 11 is 0. The van der Waals surface area contributed by atoms with Crippen LogP contribution in [0.5, 0.6) is 17.2 Å². The van der Waals surface area contributed by atoms with Gasteiger partial charge in [0.1, 0.15) is 5.75 Å². The SMILES string of the molecule is CCC(C)(C)CCCc1c(O)c(O)cc(O)c1CCCC1(C)CC1. The molecule has 0 radical (unpaired) electrons. The third-order valence-electron chi connectivity index (χ3n) is 6.02. The maximum absolute atomic E-state index is 10.3. The number of phenolic OH excluding ortho intramolecular Hbond substituents is 3. The molecule has 136 valence electrons. The van der Waals surface area contributed by atoms with E-state index in [2.05, 4.69) is 27.7 Å². The summed E-state index contributed by atoms with van der Waals surface area (Å²) in [6.07, 6.45) is 9.38. The normalized spacial score (nSPS) is 16.3. The zero-order chi connectivity index (χ0) is 18.0. The van der Waals surface area contributed by atoms with Crippen molar-refractivity contribution in [3.05, 3.63) is 17.2 Å². The third-order valence-corrected chi connectivity index (χ3v) is 6.02. The first kappa shape index (κ1) is 19.0. The summed E-state index contributed by atoms with van der Waals surface area (Å²) in [5, 5.41) is 30.4. The van der Waals surface area contributed by atoms with Gasteiger partial charge in [0, 0.05) is 17.2 Å². The standard InChI is InChI=1S/C21H34O3/c1-5-20(2,3)10-6-9-16-15(8-7-11-21(4)12-13-21)17(22)14-18(23)19(16)24/h14,22-24H,5-13H2,1-4H3. The lowest BCUT2D eigenvalue weighted by molar-refractivity contribution is 0.311. The van der Waals surface area contributed by atoms with E-state index in [0.29, 0.717) is 11.8 Å². The van der Waals surface area contributed by atoms with Crippen molar-refractivity contribution in [1.29, 1.82) is 0 Å². The molecule has 2 rings (SSSR count). The van der Waals surface area contributed by atoms with Crippen LogP contribution < -0.4 is 0 Å². The summed E-state index contributed by atoms with van der Waals surface area (Å²) in [7, 11) is 0. The zero-order valence-corrected chi connectivity index (χ0v) is 15.8. The fraction of sp³-hybridized carbons (Fsp3) is 0.714. The highest BCUT2D eigenvalue weighted by Crippen LogP contribution is 2.49. The van der Waals surface area contributed by atoms with Gasteiger partial charge in [-0.3, -0.25) is 0 Å². The minimum absolute atomic E-state index is 0.0465. The summed E-state index contributed by atoms with van der Waals surface area (Å²) in [5.41, 5.74) is 2.35. The zero-order valence-electron chi connectivity index (χ0n) is 15.8. The molecule has 0 atom stereocenters. The van der Waals surface area contributed by atoms with Crippen LogP contribution in [0.25, 0.3) is 0 Å². The summed E-state index contributed by atoms with van der Waals surface area (Å²) in [6.45, 7) is 9.02. The molecule has 0 spiro atoms. The van der Waals surface area contributed by atoms with Crippen LogP contribution in [0.4, 0.5) is 0 Å². The smallest absolute Gasteiger partial charge is 0.161 e. The van der Waals surface area contributed by atoms with Crippen LogP contribution in [0.1, 0.15) is 83.8 Å². The molecule has 1 aromatic carbocycles. The molecule has 1 saturated carbocycles. The quantitative estimate of drug-likeness (QED) is 0.402. The van der Waals surface area contributed by atoms with Crippen molar-refractivity contribution in [2.75, 3.05) is 0 Å². The molecular formula is C21H34O3. The van der Waals surface area contributed by atoms with E-state index in [9.17, 15) is 15.3 Å². The lowest BCUT2D eigenvalue weighted by atomic mass is 9.83. The molecule has 1 fully saturated rings. The Labute approximate surface area is 146 Å². The molecule has 0 aromatic heterocycles. The highest BCUT2D eigenvalue weighted by Gasteiger charge is 2.36. The van der Waals surface area contributed by atoms with E-state index in [1.165, 1.54) is 18.9 Å². The van der Waals surface area contributed by atoms with Crippen molar-refractivity contribution >= 4 is 0 Å². The van der Waals surface area contributed by atoms with Gasteiger partial charge in [-0.25, -0.2) is 0 Å². The van der Waals surface area contributed by atoms with Crippen molar-refractivity contribution in [3.63, 3.8) is 0 Å². The number of aromatic hydroxyl groups is 3. The second-order valence-electron chi connectivity index (χ2n) is 8.76. The van der Waals surface area contributed by atoms with Crippen molar-refractivity contribution in [2.45, 2.75) is 85.5 Å². The number of benzene rings is 1. The predicted molar refractivity (Wildman–Crippen MR) is 98.7 cm³/mol. The second-order valence-corrected chi connectivity index (χ2v) is 8.76. The molecule has 0 unspecified atom stereocenters. The minimum Gasteiger partial charge on any atom is -0.508 e. The maximum Gasteiger partial charge on any atom is 0.161 e. The molecule has 0 aliphatic heterocycles. The van der Waals surface area contributed by atoms with E-state index < -0.39 is 0 Å². The van der Waals surface area contributed by atoms with Crippen molar-refractivity contribution in [2.24, 2.45) is 10.8 Å². The fourth-order valence-electron chi connectivity index (χ4n) is 3.36. The number of rotatable bonds is 9. The first-order chi connectivity index (χ1) is 11.2. The van der Waals surface area contributed by atoms with Gasteiger partial charge >= 0.3 is 0 Å².